The highest BCUT2D eigenvalue weighted by Gasteiger charge is 2.35. The third kappa shape index (κ3) is 3.68. The second-order valence-electron chi connectivity index (χ2n) is 5.99. The van der Waals surface area contributed by atoms with Gasteiger partial charge in [-0.25, -0.2) is 0 Å². The summed E-state index contributed by atoms with van der Waals surface area (Å²) >= 11 is 0. The molecular weight excluding hydrogens is 238 g/mol. The van der Waals surface area contributed by atoms with Crippen molar-refractivity contribution in [2.24, 2.45) is 11.8 Å². The number of aliphatic hydroxyl groups is 1. The Kier molecular flexibility index (Phi) is 5.62. The molecule has 1 aliphatic carbocycles. The molecule has 1 saturated heterocycles. The molecule has 2 aliphatic rings. The van der Waals surface area contributed by atoms with Crippen molar-refractivity contribution in [3.8, 4) is 6.07 Å². The van der Waals surface area contributed by atoms with Gasteiger partial charge in [0.15, 0.2) is 0 Å². The van der Waals surface area contributed by atoms with Gasteiger partial charge in [-0.05, 0) is 25.2 Å². The molecule has 0 bridgehead atoms. The van der Waals surface area contributed by atoms with Gasteiger partial charge in [-0.15, -0.1) is 0 Å². The number of piperazine rings is 1. The van der Waals surface area contributed by atoms with Crippen LogP contribution in [0.2, 0.25) is 0 Å². The van der Waals surface area contributed by atoms with Crippen LogP contribution in [0.25, 0.3) is 0 Å². The average Bonchev–Trinajstić information content (AvgIpc) is 2.47. The molecule has 0 aromatic heterocycles. The zero-order valence-electron chi connectivity index (χ0n) is 12.1. The van der Waals surface area contributed by atoms with Crippen LogP contribution in [-0.2, 0) is 0 Å². The van der Waals surface area contributed by atoms with Crippen LogP contribution in [0.3, 0.4) is 0 Å². The molecule has 4 nitrogen and oxygen atoms in total. The fourth-order valence-corrected chi connectivity index (χ4v) is 3.62. The molecule has 0 aromatic carbocycles. The Bertz CT molecular complexity index is 307. The lowest BCUT2D eigenvalue weighted by Gasteiger charge is -2.44. The first-order valence-electron chi connectivity index (χ1n) is 7.75. The fourth-order valence-electron chi connectivity index (χ4n) is 3.62. The first-order valence-corrected chi connectivity index (χ1v) is 7.75. The summed E-state index contributed by atoms with van der Waals surface area (Å²) in [7, 11) is 0. The van der Waals surface area contributed by atoms with Crippen molar-refractivity contribution >= 4 is 0 Å². The molecule has 3 unspecified atom stereocenters. The van der Waals surface area contributed by atoms with Gasteiger partial charge in [0.2, 0.25) is 0 Å². The van der Waals surface area contributed by atoms with E-state index in [1.165, 1.54) is 19.3 Å². The van der Waals surface area contributed by atoms with Gasteiger partial charge < -0.3 is 5.11 Å². The maximum absolute atomic E-state index is 9.37. The predicted molar refractivity (Wildman–Crippen MR) is 75.6 cm³/mol. The van der Waals surface area contributed by atoms with Gasteiger partial charge in [0.25, 0.3) is 0 Å². The van der Waals surface area contributed by atoms with E-state index in [1.807, 2.05) is 0 Å². The second-order valence-corrected chi connectivity index (χ2v) is 5.99. The number of nitriles is 1. The zero-order valence-corrected chi connectivity index (χ0v) is 12.1. The molecule has 4 heteroatoms. The van der Waals surface area contributed by atoms with Gasteiger partial charge in [0.05, 0.1) is 18.6 Å². The van der Waals surface area contributed by atoms with E-state index in [0.29, 0.717) is 6.04 Å². The zero-order chi connectivity index (χ0) is 13.7. The molecule has 1 N–H and O–H groups in total. The summed E-state index contributed by atoms with van der Waals surface area (Å²) in [6.07, 6.45) is 4.76. The van der Waals surface area contributed by atoms with Crippen molar-refractivity contribution in [2.45, 2.75) is 38.6 Å². The second kappa shape index (κ2) is 7.23. The van der Waals surface area contributed by atoms with Crippen molar-refractivity contribution in [2.75, 3.05) is 39.3 Å². The third-order valence-electron chi connectivity index (χ3n) is 4.96. The minimum atomic E-state index is 0.229. The number of β-amino-alcohol motifs (C(OH)–C–C–N with tert-alkyl or cyclic N) is 1. The van der Waals surface area contributed by atoms with Crippen molar-refractivity contribution in [1.82, 2.24) is 9.80 Å². The summed E-state index contributed by atoms with van der Waals surface area (Å²) < 4.78 is 0. The predicted octanol–water partition coefficient (Wildman–Crippen LogP) is 1.31. The first-order chi connectivity index (χ1) is 9.28. The van der Waals surface area contributed by atoms with E-state index in [2.05, 4.69) is 22.8 Å². The Morgan fingerprint density at radius 2 is 1.95 bits per heavy atom. The largest absolute Gasteiger partial charge is 0.395 e. The summed E-state index contributed by atoms with van der Waals surface area (Å²) in [5.41, 5.74) is 0. The standard InChI is InChI=1S/C15H27N3O/c1-2-13-3-4-14(12-16)15(11-13)18-7-5-17(6-8-18)9-10-19/h13-15,19H,2-11H2,1H3. The molecule has 19 heavy (non-hydrogen) atoms. The number of hydrogen-bond acceptors (Lipinski definition) is 4. The maximum atomic E-state index is 9.37. The molecule has 0 amide bonds. The molecule has 2 fully saturated rings. The minimum absolute atomic E-state index is 0.229. The smallest absolute Gasteiger partial charge is 0.0672 e. The van der Waals surface area contributed by atoms with E-state index in [-0.39, 0.29) is 12.5 Å². The Labute approximate surface area is 117 Å². The molecular formula is C15H27N3O. The molecule has 1 aliphatic heterocycles. The number of aliphatic hydroxyl groups excluding tert-OH is 1. The SMILES string of the molecule is CCC1CCC(C#N)C(N2CCN(CCO)CC2)C1. The Balaban J connectivity index is 1.90. The van der Waals surface area contributed by atoms with E-state index < -0.39 is 0 Å². The van der Waals surface area contributed by atoms with Crippen LogP contribution in [0, 0.1) is 23.2 Å². The van der Waals surface area contributed by atoms with Crippen molar-refractivity contribution in [1.29, 1.82) is 5.26 Å². The molecule has 0 spiro atoms. The lowest BCUT2D eigenvalue weighted by atomic mass is 9.77. The van der Waals surface area contributed by atoms with Crippen LogP contribution < -0.4 is 0 Å². The topological polar surface area (TPSA) is 50.5 Å². The van der Waals surface area contributed by atoms with Gasteiger partial charge in [-0.1, -0.05) is 13.3 Å². The minimum Gasteiger partial charge on any atom is -0.395 e. The summed E-state index contributed by atoms with van der Waals surface area (Å²) in [5.74, 6) is 1.04. The van der Waals surface area contributed by atoms with Crippen molar-refractivity contribution < 1.29 is 5.11 Å². The molecule has 0 aromatic rings. The van der Waals surface area contributed by atoms with E-state index in [4.69, 9.17) is 5.11 Å². The van der Waals surface area contributed by atoms with Gasteiger partial charge in [-0.2, -0.15) is 5.26 Å². The van der Waals surface area contributed by atoms with Gasteiger partial charge >= 0.3 is 0 Å². The highest BCUT2D eigenvalue weighted by Crippen LogP contribution is 2.34. The third-order valence-corrected chi connectivity index (χ3v) is 4.96. The van der Waals surface area contributed by atoms with Gasteiger partial charge in [0.1, 0.15) is 0 Å². The number of rotatable bonds is 4. The van der Waals surface area contributed by atoms with Crippen LogP contribution in [0.1, 0.15) is 32.6 Å². The van der Waals surface area contributed by atoms with E-state index in [1.54, 1.807) is 0 Å². The highest BCUT2D eigenvalue weighted by atomic mass is 16.3. The average molecular weight is 265 g/mol. The Morgan fingerprint density at radius 3 is 2.53 bits per heavy atom. The van der Waals surface area contributed by atoms with Crippen LogP contribution >= 0.6 is 0 Å². The van der Waals surface area contributed by atoms with E-state index >= 15 is 0 Å². The number of nitrogens with zero attached hydrogens (tertiary/aromatic N) is 3. The van der Waals surface area contributed by atoms with E-state index in [9.17, 15) is 5.26 Å². The molecule has 0 radical (unpaired) electrons. The summed E-state index contributed by atoms with van der Waals surface area (Å²) in [5, 5.41) is 18.3. The molecule has 3 atom stereocenters. The van der Waals surface area contributed by atoms with Crippen LogP contribution in [0.4, 0.5) is 0 Å². The molecule has 108 valence electrons. The van der Waals surface area contributed by atoms with Crippen molar-refractivity contribution in [3.63, 3.8) is 0 Å². The normalized spacial score (nSPS) is 34.1. The van der Waals surface area contributed by atoms with Crippen molar-refractivity contribution in [3.05, 3.63) is 0 Å². The monoisotopic (exact) mass is 265 g/mol. The molecule has 1 saturated carbocycles. The maximum Gasteiger partial charge on any atom is 0.0672 e. The van der Waals surface area contributed by atoms with Crippen LogP contribution in [-0.4, -0.2) is 60.3 Å². The van der Waals surface area contributed by atoms with Crippen LogP contribution in [0.15, 0.2) is 0 Å². The Morgan fingerprint density at radius 1 is 1.21 bits per heavy atom. The first kappa shape index (κ1) is 14.8. The van der Waals surface area contributed by atoms with Gasteiger partial charge in [0, 0.05) is 38.8 Å². The Hall–Kier alpha value is -0.630. The van der Waals surface area contributed by atoms with E-state index in [0.717, 1.165) is 45.1 Å². The molecule has 2 rings (SSSR count). The van der Waals surface area contributed by atoms with Crippen LogP contribution in [0.5, 0.6) is 0 Å². The lowest BCUT2D eigenvalue weighted by molar-refractivity contribution is 0.0433. The highest BCUT2D eigenvalue weighted by molar-refractivity contribution is 4.98. The number of hydrogen-bond donors (Lipinski definition) is 1. The lowest BCUT2D eigenvalue weighted by Crippen LogP contribution is -2.54. The quantitative estimate of drug-likeness (QED) is 0.833. The summed E-state index contributed by atoms with van der Waals surface area (Å²) in [4.78, 5) is 4.85. The fraction of sp³-hybridized carbons (Fsp3) is 0.933. The van der Waals surface area contributed by atoms with Gasteiger partial charge in [-0.3, -0.25) is 9.80 Å². The molecule has 1 heterocycles. The summed E-state index contributed by atoms with van der Waals surface area (Å²) in [6.45, 7) is 7.49. The summed E-state index contributed by atoms with van der Waals surface area (Å²) in [6, 6.07) is 3.01.